The lowest BCUT2D eigenvalue weighted by Gasteiger charge is -2.30. The Labute approximate surface area is 130 Å². The third-order valence-corrected chi connectivity index (χ3v) is 4.69. The van der Waals surface area contributed by atoms with E-state index >= 15 is 0 Å². The monoisotopic (exact) mass is 297 g/mol. The molecule has 3 rings (SSSR count). The van der Waals surface area contributed by atoms with Crippen molar-refractivity contribution in [1.29, 1.82) is 0 Å². The zero-order chi connectivity index (χ0) is 14.7. The molecule has 0 unspecified atom stereocenters. The Balaban J connectivity index is 1.85. The van der Waals surface area contributed by atoms with Gasteiger partial charge >= 0.3 is 0 Å². The Morgan fingerprint density at radius 2 is 1.95 bits per heavy atom. The summed E-state index contributed by atoms with van der Waals surface area (Å²) in [6.45, 7) is 3.30. The molecule has 0 aromatic heterocycles. The summed E-state index contributed by atoms with van der Waals surface area (Å²) in [6, 6.07) is 15.9. The van der Waals surface area contributed by atoms with Crippen LogP contribution in [0.3, 0.4) is 0 Å². The van der Waals surface area contributed by atoms with Crippen molar-refractivity contribution in [3.05, 3.63) is 65.2 Å². The maximum Gasteiger partial charge on any atom is 0.194 e. The van der Waals surface area contributed by atoms with Crippen LogP contribution < -0.4 is 0 Å². The van der Waals surface area contributed by atoms with Gasteiger partial charge in [0.15, 0.2) is 5.78 Å². The van der Waals surface area contributed by atoms with Gasteiger partial charge < -0.3 is 0 Å². The summed E-state index contributed by atoms with van der Waals surface area (Å²) in [7, 11) is 0. The molecule has 1 heterocycles. The van der Waals surface area contributed by atoms with Gasteiger partial charge in [0.1, 0.15) is 0 Å². The topological polar surface area (TPSA) is 20.3 Å². The molecule has 0 radical (unpaired) electrons. The molecule has 1 aliphatic rings. The van der Waals surface area contributed by atoms with Crippen LogP contribution in [0.15, 0.2) is 53.4 Å². The van der Waals surface area contributed by atoms with E-state index in [1.165, 1.54) is 25.1 Å². The molecule has 0 atom stereocenters. The van der Waals surface area contributed by atoms with Crippen LogP contribution in [-0.4, -0.2) is 30.0 Å². The number of thioether (sulfide) groups is 1. The van der Waals surface area contributed by atoms with Gasteiger partial charge in [0.05, 0.1) is 0 Å². The van der Waals surface area contributed by atoms with Crippen LogP contribution in [0.1, 0.15) is 27.9 Å². The molecular formula is C18H19NOS. The van der Waals surface area contributed by atoms with Crippen molar-refractivity contribution >= 4 is 17.5 Å². The molecule has 2 aromatic rings. The van der Waals surface area contributed by atoms with Gasteiger partial charge in [0, 0.05) is 22.6 Å². The molecule has 1 saturated heterocycles. The molecular weight excluding hydrogens is 278 g/mol. The average molecular weight is 297 g/mol. The summed E-state index contributed by atoms with van der Waals surface area (Å²) in [6.07, 6.45) is 3.30. The van der Waals surface area contributed by atoms with Crippen molar-refractivity contribution in [2.45, 2.75) is 17.9 Å². The minimum atomic E-state index is 0.116. The Kier molecular flexibility index (Phi) is 4.42. The second-order valence-corrected chi connectivity index (χ2v) is 6.21. The average Bonchev–Trinajstić information content (AvgIpc) is 2.50. The molecule has 0 N–H and O–H groups in total. The predicted molar refractivity (Wildman–Crippen MR) is 88.0 cm³/mol. The quantitative estimate of drug-likeness (QED) is 0.617. The molecule has 0 amide bonds. The number of ketones is 1. The zero-order valence-corrected chi connectivity index (χ0v) is 13.0. The first-order valence-electron chi connectivity index (χ1n) is 7.27. The summed E-state index contributed by atoms with van der Waals surface area (Å²) >= 11 is 1.62. The molecule has 0 spiro atoms. The van der Waals surface area contributed by atoms with Crippen LogP contribution in [-0.2, 0) is 6.54 Å². The Morgan fingerprint density at radius 1 is 1.14 bits per heavy atom. The van der Waals surface area contributed by atoms with E-state index in [9.17, 15) is 4.79 Å². The van der Waals surface area contributed by atoms with Crippen LogP contribution in [0.2, 0.25) is 0 Å². The van der Waals surface area contributed by atoms with Gasteiger partial charge in [-0.1, -0.05) is 30.3 Å². The molecule has 2 aromatic carbocycles. The fourth-order valence-corrected chi connectivity index (χ4v) is 3.19. The smallest absolute Gasteiger partial charge is 0.194 e. The van der Waals surface area contributed by atoms with E-state index in [1.54, 1.807) is 11.8 Å². The van der Waals surface area contributed by atoms with Crippen LogP contribution in [0.25, 0.3) is 0 Å². The van der Waals surface area contributed by atoms with E-state index < -0.39 is 0 Å². The van der Waals surface area contributed by atoms with Gasteiger partial charge in [-0.2, -0.15) is 0 Å². The minimum absolute atomic E-state index is 0.116. The lowest BCUT2D eigenvalue weighted by molar-refractivity contribution is 0.103. The number of benzene rings is 2. The van der Waals surface area contributed by atoms with Gasteiger partial charge in [-0.3, -0.25) is 9.69 Å². The Morgan fingerprint density at radius 3 is 2.67 bits per heavy atom. The van der Waals surface area contributed by atoms with E-state index in [-0.39, 0.29) is 5.78 Å². The Hall–Kier alpha value is -1.58. The van der Waals surface area contributed by atoms with Crippen LogP contribution in [0.4, 0.5) is 0 Å². The first kappa shape index (κ1) is 14.4. The lowest BCUT2D eigenvalue weighted by atomic mass is 10.0. The Bertz CT molecular complexity index is 649. The highest BCUT2D eigenvalue weighted by Gasteiger charge is 2.16. The van der Waals surface area contributed by atoms with E-state index in [2.05, 4.69) is 11.0 Å². The van der Waals surface area contributed by atoms with Crippen molar-refractivity contribution in [2.75, 3.05) is 19.3 Å². The van der Waals surface area contributed by atoms with Crippen molar-refractivity contribution in [3.63, 3.8) is 0 Å². The number of hydrogen-bond donors (Lipinski definition) is 0. The van der Waals surface area contributed by atoms with Gasteiger partial charge in [-0.05, 0) is 49.5 Å². The van der Waals surface area contributed by atoms with Crippen molar-refractivity contribution in [3.8, 4) is 0 Å². The predicted octanol–water partition coefficient (Wildman–Crippen LogP) is 3.85. The molecule has 3 heteroatoms. The van der Waals surface area contributed by atoms with E-state index in [1.807, 2.05) is 48.7 Å². The van der Waals surface area contributed by atoms with Gasteiger partial charge in [-0.25, -0.2) is 0 Å². The number of hydrogen-bond acceptors (Lipinski definition) is 3. The second-order valence-electron chi connectivity index (χ2n) is 5.36. The fourth-order valence-electron chi connectivity index (χ4n) is 2.60. The molecule has 0 bridgehead atoms. The highest BCUT2D eigenvalue weighted by atomic mass is 32.2. The standard InChI is InChI=1S/C18H19NOS/c1-21-17-9-3-2-8-16(17)18(20)15-7-4-6-14(12-15)13-19-10-5-11-19/h2-4,6-9,12H,5,10-11,13H2,1H3. The molecule has 2 nitrogen and oxygen atoms in total. The third-order valence-electron chi connectivity index (χ3n) is 3.90. The first-order valence-corrected chi connectivity index (χ1v) is 8.49. The first-order chi connectivity index (χ1) is 10.3. The summed E-state index contributed by atoms with van der Waals surface area (Å²) in [5.41, 5.74) is 2.81. The van der Waals surface area contributed by atoms with Crippen LogP contribution in [0, 0.1) is 0 Å². The number of carbonyl (C=O) groups is 1. The normalized spacial score (nSPS) is 14.7. The summed E-state index contributed by atoms with van der Waals surface area (Å²) < 4.78 is 0. The molecule has 108 valence electrons. The van der Waals surface area contributed by atoms with Crippen LogP contribution in [0.5, 0.6) is 0 Å². The van der Waals surface area contributed by atoms with E-state index in [4.69, 9.17) is 0 Å². The SMILES string of the molecule is CSc1ccccc1C(=O)c1cccc(CN2CCC2)c1. The van der Waals surface area contributed by atoms with Crippen molar-refractivity contribution in [2.24, 2.45) is 0 Å². The molecule has 1 aliphatic heterocycles. The fraction of sp³-hybridized carbons (Fsp3) is 0.278. The number of carbonyl (C=O) groups excluding carboxylic acids is 1. The summed E-state index contributed by atoms with van der Waals surface area (Å²) in [4.78, 5) is 16.2. The molecule has 1 fully saturated rings. The zero-order valence-electron chi connectivity index (χ0n) is 12.2. The van der Waals surface area contributed by atoms with Crippen LogP contribution >= 0.6 is 11.8 Å². The molecule has 0 saturated carbocycles. The van der Waals surface area contributed by atoms with E-state index in [0.717, 1.165) is 22.6 Å². The molecule has 0 aliphatic carbocycles. The highest BCUT2D eigenvalue weighted by molar-refractivity contribution is 7.98. The maximum atomic E-state index is 12.7. The maximum absolute atomic E-state index is 12.7. The minimum Gasteiger partial charge on any atom is -0.299 e. The largest absolute Gasteiger partial charge is 0.299 e. The second kappa shape index (κ2) is 6.46. The number of likely N-dealkylation sites (tertiary alicyclic amines) is 1. The summed E-state index contributed by atoms with van der Waals surface area (Å²) in [5, 5.41) is 0. The van der Waals surface area contributed by atoms with Crippen molar-refractivity contribution < 1.29 is 4.79 Å². The number of nitrogens with zero attached hydrogens (tertiary/aromatic N) is 1. The van der Waals surface area contributed by atoms with Gasteiger partial charge in [0.2, 0.25) is 0 Å². The third kappa shape index (κ3) is 3.20. The number of rotatable bonds is 5. The lowest BCUT2D eigenvalue weighted by Crippen LogP contribution is -2.36. The van der Waals surface area contributed by atoms with Crippen molar-refractivity contribution in [1.82, 2.24) is 4.90 Å². The van der Waals surface area contributed by atoms with E-state index in [0.29, 0.717) is 0 Å². The van der Waals surface area contributed by atoms with Gasteiger partial charge in [-0.15, -0.1) is 11.8 Å². The van der Waals surface area contributed by atoms with Gasteiger partial charge in [0.25, 0.3) is 0 Å². The highest BCUT2D eigenvalue weighted by Crippen LogP contribution is 2.23. The molecule has 21 heavy (non-hydrogen) atoms. The summed E-state index contributed by atoms with van der Waals surface area (Å²) in [5.74, 6) is 0.116.